The number of likely N-dealkylation sites (tertiary alicyclic amines) is 2. The van der Waals surface area contributed by atoms with Gasteiger partial charge < -0.3 is 14.5 Å². The van der Waals surface area contributed by atoms with Crippen LogP contribution in [0.4, 0.5) is 4.39 Å². The zero-order chi connectivity index (χ0) is 19.0. The van der Waals surface area contributed by atoms with Crippen LogP contribution in [0.1, 0.15) is 44.1 Å². The molecule has 1 aromatic carbocycles. The number of carbonyl (C=O) groups is 2. The van der Waals surface area contributed by atoms with Crippen molar-refractivity contribution < 1.29 is 18.7 Å². The van der Waals surface area contributed by atoms with E-state index in [4.69, 9.17) is 4.74 Å². The molecular weight excluding hydrogens is 347 g/mol. The van der Waals surface area contributed by atoms with Crippen LogP contribution in [0, 0.1) is 17.2 Å². The van der Waals surface area contributed by atoms with Crippen molar-refractivity contribution >= 4 is 11.8 Å². The number of piperidine rings is 1. The van der Waals surface area contributed by atoms with E-state index in [0.29, 0.717) is 43.3 Å². The number of benzene rings is 1. The van der Waals surface area contributed by atoms with Crippen molar-refractivity contribution in [2.75, 3.05) is 26.7 Å². The van der Waals surface area contributed by atoms with Crippen LogP contribution in [0.3, 0.4) is 0 Å². The fourth-order valence-electron chi connectivity index (χ4n) is 4.47. The first-order chi connectivity index (χ1) is 13.0. The maximum absolute atomic E-state index is 14.2. The number of methoxy groups -OCH3 is 1. The van der Waals surface area contributed by atoms with E-state index in [0.717, 1.165) is 32.1 Å². The molecule has 0 bridgehead atoms. The number of halogens is 1. The molecule has 3 aliphatic rings. The van der Waals surface area contributed by atoms with Gasteiger partial charge in [0.1, 0.15) is 11.6 Å². The zero-order valence-electron chi connectivity index (χ0n) is 15.9. The summed E-state index contributed by atoms with van der Waals surface area (Å²) in [4.78, 5) is 29.4. The minimum atomic E-state index is -0.479. The minimum absolute atomic E-state index is 0.0673. The van der Waals surface area contributed by atoms with E-state index in [1.165, 1.54) is 6.07 Å². The van der Waals surface area contributed by atoms with E-state index >= 15 is 0 Å². The highest BCUT2D eigenvalue weighted by Gasteiger charge is 2.49. The molecule has 146 valence electrons. The number of ether oxygens (including phenoxy) is 1. The number of rotatable bonds is 5. The second kappa shape index (κ2) is 7.13. The molecule has 1 atom stereocenters. The highest BCUT2D eigenvalue weighted by molar-refractivity contribution is 5.86. The number of hydrogen-bond donors (Lipinski definition) is 0. The smallest absolute Gasteiger partial charge is 0.230 e. The lowest BCUT2D eigenvalue weighted by Crippen LogP contribution is -2.50. The molecule has 5 nitrogen and oxygen atoms in total. The summed E-state index contributed by atoms with van der Waals surface area (Å²) in [5.74, 6) is 1.08. The van der Waals surface area contributed by atoms with Gasteiger partial charge in [0.2, 0.25) is 11.8 Å². The normalized spacial score (nSPS) is 25.3. The Kier molecular flexibility index (Phi) is 4.82. The summed E-state index contributed by atoms with van der Waals surface area (Å²) in [5.41, 5.74) is -0.00768. The SMILES string of the molecule is COc1ccc(F)c(CN2CCC[C@@]3(CCN(C(=O)CC4CC4)C3)C2=O)c1. The van der Waals surface area contributed by atoms with Crippen molar-refractivity contribution in [2.24, 2.45) is 11.3 Å². The summed E-state index contributed by atoms with van der Waals surface area (Å²) in [6, 6.07) is 4.62. The first kappa shape index (κ1) is 18.3. The average molecular weight is 374 g/mol. The van der Waals surface area contributed by atoms with Gasteiger partial charge in [0.25, 0.3) is 0 Å². The number of hydrogen-bond acceptors (Lipinski definition) is 3. The Balaban J connectivity index is 1.45. The molecule has 2 amide bonds. The summed E-state index contributed by atoms with van der Waals surface area (Å²) in [6.07, 6.45) is 5.37. The molecule has 1 spiro atoms. The molecular formula is C21H27FN2O3. The third-order valence-electron chi connectivity index (χ3n) is 6.31. The van der Waals surface area contributed by atoms with E-state index in [9.17, 15) is 14.0 Å². The Hall–Kier alpha value is -2.11. The summed E-state index contributed by atoms with van der Waals surface area (Å²) in [6.45, 7) is 2.07. The Morgan fingerprint density at radius 3 is 2.85 bits per heavy atom. The molecule has 2 saturated heterocycles. The molecule has 1 aromatic rings. The van der Waals surface area contributed by atoms with Gasteiger partial charge in [0.15, 0.2) is 0 Å². The number of amides is 2. The average Bonchev–Trinajstić information content (AvgIpc) is 3.37. The van der Waals surface area contributed by atoms with Gasteiger partial charge >= 0.3 is 0 Å². The van der Waals surface area contributed by atoms with Gasteiger partial charge in [-0.05, 0) is 56.2 Å². The van der Waals surface area contributed by atoms with Crippen LogP contribution < -0.4 is 4.74 Å². The van der Waals surface area contributed by atoms with E-state index < -0.39 is 5.41 Å². The lowest BCUT2D eigenvalue weighted by atomic mass is 9.78. The fraction of sp³-hybridized carbons (Fsp3) is 0.619. The van der Waals surface area contributed by atoms with Crippen LogP contribution in [0.15, 0.2) is 18.2 Å². The van der Waals surface area contributed by atoms with Crippen LogP contribution in [-0.4, -0.2) is 48.4 Å². The first-order valence-corrected chi connectivity index (χ1v) is 9.90. The Morgan fingerprint density at radius 2 is 2.11 bits per heavy atom. The van der Waals surface area contributed by atoms with Crippen LogP contribution in [0.25, 0.3) is 0 Å². The summed E-state index contributed by atoms with van der Waals surface area (Å²) in [5, 5.41) is 0. The molecule has 2 aliphatic heterocycles. The molecule has 1 aliphatic carbocycles. The van der Waals surface area contributed by atoms with Gasteiger partial charge in [0, 0.05) is 38.2 Å². The van der Waals surface area contributed by atoms with Gasteiger partial charge in [-0.2, -0.15) is 0 Å². The predicted molar refractivity (Wildman–Crippen MR) is 98.6 cm³/mol. The molecule has 2 heterocycles. The highest BCUT2D eigenvalue weighted by Crippen LogP contribution is 2.42. The zero-order valence-corrected chi connectivity index (χ0v) is 15.9. The van der Waals surface area contributed by atoms with Crippen molar-refractivity contribution in [3.63, 3.8) is 0 Å². The van der Waals surface area contributed by atoms with Gasteiger partial charge in [-0.25, -0.2) is 4.39 Å². The lowest BCUT2D eigenvalue weighted by Gasteiger charge is -2.39. The monoisotopic (exact) mass is 374 g/mol. The standard InChI is InChI=1S/C21H27FN2O3/c1-27-17-5-6-18(22)16(12-17)13-23-9-2-7-21(20(23)26)8-10-24(14-21)19(25)11-15-3-4-15/h5-6,12,15H,2-4,7-11,13-14H2,1H3/t21-/m0/s1. The topological polar surface area (TPSA) is 49.9 Å². The molecule has 1 saturated carbocycles. The highest BCUT2D eigenvalue weighted by atomic mass is 19.1. The van der Waals surface area contributed by atoms with Crippen LogP contribution in [0.2, 0.25) is 0 Å². The van der Waals surface area contributed by atoms with Gasteiger partial charge in [-0.3, -0.25) is 9.59 Å². The molecule has 27 heavy (non-hydrogen) atoms. The first-order valence-electron chi connectivity index (χ1n) is 9.90. The van der Waals surface area contributed by atoms with Crippen LogP contribution >= 0.6 is 0 Å². The molecule has 0 aromatic heterocycles. The second-order valence-electron chi connectivity index (χ2n) is 8.28. The van der Waals surface area contributed by atoms with E-state index in [1.54, 1.807) is 24.1 Å². The maximum Gasteiger partial charge on any atom is 0.230 e. The van der Waals surface area contributed by atoms with E-state index in [2.05, 4.69) is 0 Å². The predicted octanol–water partition coefficient (Wildman–Crippen LogP) is 2.98. The largest absolute Gasteiger partial charge is 0.497 e. The molecule has 6 heteroatoms. The molecule has 3 fully saturated rings. The van der Waals surface area contributed by atoms with Gasteiger partial charge in [-0.1, -0.05) is 0 Å². The Morgan fingerprint density at radius 1 is 1.30 bits per heavy atom. The van der Waals surface area contributed by atoms with Gasteiger partial charge in [-0.15, -0.1) is 0 Å². The molecule has 4 rings (SSSR count). The Bertz CT molecular complexity index is 749. The fourth-order valence-corrected chi connectivity index (χ4v) is 4.47. The van der Waals surface area contributed by atoms with Crippen molar-refractivity contribution in [3.8, 4) is 5.75 Å². The van der Waals surface area contributed by atoms with Crippen molar-refractivity contribution in [1.29, 1.82) is 0 Å². The van der Waals surface area contributed by atoms with Crippen LogP contribution in [0.5, 0.6) is 5.75 Å². The van der Waals surface area contributed by atoms with Gasteiger partial charge in [0.05, 0.1) is 12.5 Å². The molecule has 0 unspecified atom stereocenters. The number of carbonyl (C=O) groups excluding carboxylic acids is 2. The summed E-state index contributed by atoms with van der Waals surface area (Å²) >= 11 is 0. The third kappa shape index (κ3) is 3.66. The van der Waals surface area contributed by atoms with Crippen molar-refractivity contribution in [3.05, 3.63) is 29.6 Å². The lowest BCUT2D eigenvalue weighted by molar-refractivity contribution is -0.146. The van der Waals surface area contributed by atoms with E-state index in [1.807, 2.05) is 4.90 Å². The minimum Gasteiger partial charge on any atom is -0.497 e. The quantitative estimate of drug-likeness (QED) is 0.796. The molecule has 0 N–H and O–H groups in total. The third-order valence-corrected chi connectivity index (χ3v) is 6.31. The second-order valence-corrected chi connectivity index (χ2v) is 8.28. The summed E-state index contributed by atoms with van der Waals surface area (Å²) in [7, 11) is 1.55. The van der Waals surface area contributed by atoms with Crippen molar-refractivity contribution in [2.45, 2.75) is 45.1 Å². The Labute approximate surface area is 159 Å². The van der Waals surface area contributed by atoms with E-state index in [-0.39, 0.29) is 24.2 Å². The molecule has 0 radical (unpaired) electrons. The maximum atomic E-state index is 14.2. The summed E-state index contributed by atoms with van der Waals surface area (Å²) < 4.78 is 19.4. The number of nitrogens with zero attached hydrogens (tertiary/aromatic N) is 2. The van der Waals surface area contributed by atoms with Crippen LogP contribution in [-0.2, 0) is 16.1 Å². The van der Waals surface area contributed by atoms with Crippen molar-refractivity contribution in [1.82, 2.24) is 9.80 Å².